The molecule has 1 aliphatic rings. The number of benzene rings is 1. The summed E-state index contributed by atoms with van der Waals surface area (Å²) in [6.07, 6.45) is 4.99. The van der Waals surface area contributed by atoms with Crippen LogP contribution in [0.5, 0.6) is 0 Å². The van der Waals surface area contributed by atoms with E-state index in [9.17, 15) is 4.79 Å². The summed E-state index contributed by atoms with van der Waals surface area (Å²) in [7, 11) is 0. The first-order chi connectivity index (χ1) is 12.5. The first-order valence-electron chi connectivity index (χ1n) is 8.84. The van der Waals surface area contributed by atoms with Crippen molar-refractivity contribution in [1.82, 2.24) is 14.5 Å². The van der Waals surface area contributed by atoms with Crippen LogP contribution < -0.4 is 5.56 Å². The molecule has 1 fully saturated rings. The minimum absolute atomic E-state index is 0.0180. The minimum atomic E-state index is -0.0180. The zero-order valence-electron chi connectivity index (χ0n) is 14.7. The fourth-order valence-corrected chi connectivity index (χ4v) is 4.16. The summed E-state index contributed by atoms with van der Waals surface area (Å²) >= 11 is 12.4. The van der Waals surface area contributed by atoms with Crippen molar-refractivity contribution < 1.29 is 0 Å². The Balaban J connectivity index is 2.03. The van der Waals surface area contributed by atoms with Gasteiger partial charge < -0.3 is 4.57 Å². The second-order valence-corrected chi connectivity index (χ2v) is 7.68. The first kappa shape index (κ1) is 17.5. The number of hydrogen-bond donors (Lipinski definition) is 0. The van der Waals surface area contributed by atoms with Crippen molar-refractivity contribution in [2.45, 2.75) is 39.2 Å². The van der Waals surface area contributed by atoms with Crippen LogP contribution in [0.4, 0.5) is 0 Å². The van der Waals surface area contributed by atoms with Crippen molar-refractivity contribution >= 4 is 34.2 Å². The van der Waals surface area contributed by atoms with Gasteiger partial charge in [0.15, 0.2) is 0 Å². The zero-order valence-corrected chi connectivity index (χ0v) is 16.2. The van der Waals surface area contributed by atoms with Gasteiger partial charge in [-0.25, -0.2) is 4.98 Å². The molecule has 4 rings (SSSR count). The van der Waals surface area contributed by atoms with Crippen molar-refractivity contribution in [3.8, 4) is 11.3 Å². The maximum absolute atomic E-state index is 12.9. The molecule has 134 valence electrons. The smallest absolute Gasteiger partial charge is 0.272 e. The third kappa shape index (κ3) is 2.91. The minimum Gasteiger partial charge on any atom is -0.302 e. The third-order valence-corrected chi connectivity index (χ3v) is 5.62. The van der Waals surface area contributed by atoms with Gasteiger partial charge in [-0.2, -0.15) is 0 Å². The lowest BCUT2D eigenvalue weighted by Gasteiger charge is -2.21. The Morgan fingerprint density at radius 2 is 2.04 bits per heavy atom. The molecule has 1 aromatic carbocycles. The fourth-order valence-electron chi connectivity index (χ4n) is 3.66. The summed E-state index contributed by atoms with van der Waals surface area (Å²) in [5.74, 6) is 0.568. The monoisotopic (exact) mass is 387 g/mol. The number of halogens is 2. The second kappa shape index (κ2) is 6.67. The van der Waals surface area contributed by atoms with Gasteiger partial charge in [-0.15, -0.1) is 0 Å². The number of pyridine rings is 1. The topological polar surface area (TPSA) is 47.8 Å². The van der Waals surface area contributed by atoms with Crippen molar-refractivity contribution in [3.63, 3.8) is 0 Å². The van der Waals surface area contributed by atoms with E-state index >= 15 is 0 Å². The molecule has 0 bridgehead atoms. The predicted molar refractivity (Wildman–Crippen MR) is 106 cm³/mol. The van der Waals surface area contributed by atoms with Gasteiger partial charge in [0.05, 0.1) is 16.2 Å². The molecule has 1 aliphatic carbocycles. The van der Waals surface area contributed by atoms with E-state index in [4.69, 9.17) is 23.2 Å². The van der Waals surface area contributed by atoms with E-state index in [1.165, 1.54) is 12.8 Å². The lowest BCUT2D eigenvalue weighted by atomic mass is 10.1. The quantitative estimate of drug-likeness (QED) is 0.598. The number of nitrogens with zero attached hydrogens (tertiary/aromatic N) is 3. The molecule has 2 heterocycles. The molecule has 0 N–H and O–H groups in total. The van der Waals surface area contributed by atoms with E-state index < -0.39 is 0 Å². The van der Waals surface area contributed by atoms with Crippen molar-refractivity contribution in [1.29, 1.82) is 0 Å². The van der Waals surface area contributed by atoms with E-state index in [0.717, 1.165) is 17.5 Å². The summed E-state index contributed by atoms with van der Waals surface area (Å²) < 4.78 is 1.92. The molecule has 6 heteroatoms. The Labute approximate surface area is 161 Å². The maximum Gasteiger partial charge on any atom is 0.272 e. The highest BCUT2D eigenvalue weighted by atomic mass is 35.5. The lowest BCUT2D eigenvalue weighted by Crippen LogP contribution is -2.29. The van der Waals surface area contributed by atoms with Gasteiger partial charge in [-0.1, -0.05) is 30.1 Å². The Bertz CT molecular complexity index is 1060. The normalized spacial score (nSPS) is 15.4. The Morgan fingerprint density at radius 3 is 2.69 bits per heavy atom. The van der Waals surface area contributed by atoms with Crippen molar-refractivity contribution in [3.05, 3.63) is 56.6 Å². The zero-order chi connectivity index (χ0) is 18.4. The van der Waals surface area contributed by atoms with E-state index in [1.807, 2.05) is 16.7 Å². The summed E-state index contributed by atoms with van der Waals surface area (Å²) in [4.78, 5) is 22.0. The third-order valence-electron chi connectivity index (χ3n) is 5.07. The molecular formula is C20H19Cl2N3O. The second-order valence-electron chi connectivity index (χ2n) is 6.84. The average molecular weight is 388 g/mol. The summed E-state index contributed by atoms with van der Waals surface area (Å²) in [5.41, 5.74) is 3.42. The molecule has 1 saturated carbocycles. The first-order valence-corrected chi connectivity index (χ1v) is 9.60. The van der Waals surface area contributed by atoms with Crippen LogP contribution in [0.3, 0.4) is 0 Å². The molecule has 0 aliphatic heterocycles. The van der Waals surface area contributed by atoms with Gasteiger partial charge in [-0.3, -0.25) is 9.78 Å². The largest absolute Gasteiger partial charge is 0.302 e. The molecule has 1 atom stereocenters. The van der Waals surface area contributed by atoms with Crippen LogP contribution in [0, 0.1) is 12.8 Å². The van der Waals surface area contributed by atoms with Gasteiger partial charge in [0, 0.05) is 22.8 Å². The van der Waals surface area contributed by atoms with Crippen molar-refractivity contribution in [2.24, 2.45) is 5.92 Å². The van der Waals surface area contributed by atoms with E-state index in [0.29, 0.717) is 32.9 Å². The van der Waals surface area contributed by atoms with Crippen molar-refractivity contribution in [2.75, 3.05) is 0 Å². The van der Waals surface area contributed by atoms with Crippen LogP contribution in [0.25, 0.3) is 22.3 Å². The van der Waals surface area contributed by atoms with Crippen LogP contribution in [0.2, 0.25) is 10.0 Å². The Morgan fingerprint density at radius 1 is 1.27 bits per heavy atom. The lowest BCUT2D eigenvalue weighted by molar-refractivity contribution is 0.430. The highest BCUT2D eigenvalue weighted by Crippen LogP contribution is 2.42. The van der Waals surface area contributed by atoms with Crippen LogP contribution >= 0.6 is 23.2 Å². The SMILES string of the molecule is CC[C@@H](C1CC1)n1c(=O)c(C)nc2c(-c3ccc(Cl)cc3Cl)nccc21. The van der Waals surface area contributed by atoms with Gasteiger partial charge in [-0.05, 0) is 56.4 Å². The highest BCUT2D eigenvalue weighted by Gasteiger charge is 2.33. The number of hydrogen-bond acceptors (Lipinski definition) is 3. The van der Waals surface area contributed by atoms with Gasteiger partial charge in [0.25, 0.3) is 5.56 Å². The molecule has 0 spiro atoms. The molecule has 26 heavy (non-hydrogen) atoms. The van der Waals surface area contributed by atoms with E-state index in [2.05, 4.69) is 16.9 Å². The van der Waals surface area contributed by atoms with Gasteiger partial charge in [0.2, 0.25) is 0 Å². The maximum atomic E-state index is 12.9. The highest BCUT2D eigenvalue weighted by molar-refractivity contribution is 6.36. The molecule has 0 saturated heterocycles. The summed E-state index contributed by atoms with van der Waals surface area (Å²) in [6.45, 7) is 3.90. The molecular weight excluding hydrogens is 369 g/mol. The number of aromatic nitrogens is 3. The van der Waals surface area contributed by atoms with Gasteiger partial charge >= 0.3 is 0 Å². The summed E-state index contributed by atoms with van der Waals surface area (Å²) in [5, 5.41) is 1.09. The fraction of sp³-hybridized carbons (Fsp3) is 0.350. The van der Waals surface area contributed by atoms with E-state index in [-0.39, 0.29) is 11.6 Å². The molecule has 0 unspecified atom stereocenters. The van der Waals surface area contributed by atoms with Crippen LogP contribution in [0.15, 0.2) is 35.3 Å². The van der Waals surface area contributed by atoms with Crippen LogP contribution in [0.1, 0.15) is 37.9 Å². The molecule has 3 aromatic rings. The standard InChI is InChI=1S/C20H19Cl2N3O/c1-3-16(12-4-5-12)25-17-8-9-23-18(19(17)24-11(2)20(25)26)14-7-6-13(21)10-15(14)22/h6-10,12,16H,3-5H2,1-2H3/t16-/m0/s1. The number of aryl methyl sites for hydroxylation is 1. The van der Waals surface area contributed by atoms with Crippen LogP contribution in [-0.4, -0.2) is 14.5 Å². The molecule has 4 nitrogen and oxygen atoms in total. The molecule has 2 aromatic heterocycles. The number of fused-ring (bicyclic) bond motifs is 1. The average Bonchev–Trinajstić information content (AvgIpc) is 3.44. The molecule has 0 radical (unpaired) electrons. The summed E-state index contributed by atoms with van der Waals surface area (Å²) in [6, 6.07) is 7.40. The Kier molecular flexibility index (Phi) is 4.49. The van der Waals surface area contributed by atoms with Gasteiger partial charge in [0.1, 0.15) is 11.2 Å². The van der Waals surface area contributed by atoms with Crippen LogP contribution in [-0.2, 0) is 0 Å². The predicted octanol–water partition coefficient (Wildman–Crippen LogP) is 5.43. The number of rotatable bonds is 4. The van der Waals surface area contributed by atoms with E-state index in [1.54, 1.807) is 25.3 Å². The Hall–Kier alpha value is -1.91. The molecule has 0 amide bonds.